The summed E-state index contributed by atoms with van der Waals surface area (Å²) in [5.74, 6) is -0.305. The zero-order valence-electron chi connectivity index (χ0n) is 13.7. The van der Waals surface area contributed by atoms with Gasteiger partial charge in [0.2, 0.25) is 5.91 Å². The topological polar surface area (TPSA) is 69.7 Å². The van der Waals surface area contributed by atoms with Crippen molar-refractivity contribution in [1.82, 2.24) is 15.1 Å². The van der Waals surface area contributed by atoms with Crippen LogP contribution in [0, 0.1) is 5.92 Å². The van der Waals surface area contributed by atoms with Crippen molar-refractivity contribution in [2.75, 3.05) is 20.1 Å². The van der Waals surface area contributed by atoms with Crippen LogP contribution in [0.2, 0.25) is 0 Å². The Morgan fingerprint density at radius 1 is 1.35 bits per heavy atom. The van der Waals surface area contributed by atoms with Gasteiger partial charge in [0.05, 0.1) is 6.04 Å². The average Bonchev–Trinajstić information content (AvgIpc) is 3.12. The fraction of sp³-hybridized carbons (Fsp3) is 0.562. The van der Waals surface area contributed by atoms with Gasteiger partial charge in [0, 0.05) is 11.9 Å². The van der Waals surface area contributed by atoms with Crippen LogP contribution in [0.3, 0.4) is 0 Å². The smallest absolute Gasteiger partial charge is 0.327 e. The van der Waals surface area contributed by atoms with E-state index in [1.54, 1.807) is 18.4 Å². The second-order valence-corrected chi connectivity index (χ2v) is 6.73. The summed E-state index contributed by atoms with van der Waals surface area (Å²) in [4.78, 5) is 39.4. The van der Waals surface area contributed by atoms with Crippen molar-refractivity contribution in [2.24, 2.45) is 5.92 Å². The lowest BCUT2D eigenvalue weighted by molar-refractivity contribution is -0.131. The first-order valence-electron chi connectivity index (χ1n) is 7.86. The maximum atomic E-state index is 12.4. The van der Waals surface area contributed by atoms with E-state index >= 15 is 0 Å². The molecule has 1 unspecified atom stereocenters. The highest BCUT2D eigenvalue weighted by atomic mass is 32.1. The SMILES string of the molecule is CCC(CC)C(NC(=O)CN1C(=O)CN(C)C1=O)c1cccs1. The van der Waals surface area contributed by atoms with Gasteiger partial charge in [-0.05, 0) is 17.4 Å². The molecule has 0 saturated carbocycles. The lowest BCUT2D eigenvalue weighted by atomic mass is 9.93. The van der Waals surface area contributed by atoms with Gasteiger partial charge in [0.15, 0.2) is 0 Å². The molecule has 0 aromatic carbocycles. The van der Waals surface area contributed by atoms with Crippen LogP contribution in [0.1, 0.15) is 37.6 Å². The number of amides is 4. The zero-order valence-corrected chi connectivity index (χ0v) is 14.6. The molecule has 1 fully saturated rings. The third kappa shape index (κ3) is 3.90. The Hall–Kier alpha value is -1.89. The molecule has 0 bridgehead atoms. The number of rotatable bonds is 7. The van der Waals surface area contributed by atoms with Crippen molar-refractivity contribution in [1.29, 1.82) is 0 Å². The van der Waals surface area contributed by atoms with Crippen molar-refractivity contribution in [3.05, 3.63) is 22.4 Å². The van der Waals surface area contributed by atoms with E-state index in [1.165, 1.54) is 4.90 Å². The molecule has 1 N–H and O–H groups in total. The summed E-state index contributed by atoms with van der Waals surface area (Å²) < 4.78 is 0. The number of hydrogen-bond donors (Lipinski definition) is 1. The molecule has 2 heterocycles. The molecule has 6 nitrogen and oxygen atoms in total. The van der Waals surface area contributed by atoms with Crippen molar-refractivity contribution in [2.45, 2.75) is 32.7 Å². The van der Waals surface area contributed by atoms with Crippen LogP contribution in [0.4, 0.5) is 4.79 Å². The van der Waals surface area contributed by atoms with Crippen molar-refractivity contribution >= 4 is 29.2 Å². The molecular formula is C16H23N3O3S. The first kappa shape index (κ1) is 17.5. The van der Waals surface area contributed by atoms with Gasteiger partial charge in [-0.1, -0.05) is 32.8 Å². The Balaban J connectivity index is 2.06. The molecule has 1 atom stereocenters. The summed E-state index contributed by atoms with van der Waals surface area (Å²) in [5, 5.41) is 5.00. The number of thiophene rings is 1. The zero-order chi connectivity index (χ0) is 17.0. The molecule has 126 valence electrons. The highest BCUT2D eigenvalue weighted by Crippen LogP contribution is 2.30. The second-order valence-electron chi connectivity index (χ2n) is 5.76. The summed E-state index contributed by atoms with van der Waals surface area (Å²) in [6.45, 7) is 4.02. The van der Waals surface area contributed by atoms with Crippen molar-refractivity contribution in [3.63, 3.8) is 0 Å². The molecule has 1 aromatic rings. The number of likely N-dealkylation sites (N-methyl/N-ethyl adjacent to an activating group) is 1. The van der Waals surface area contributed by atoms with E-state index in [9.17, 15) is 14.4 Å². The standard InChI is InChI=1S/C16H23N3O3S/c1-4-11(5-2)15(12-7-6-8-23-12)17-13(20)9-19-14(21)10-18(3)16(19)22/h6-8,11,15H,4-5,9-10H2,1-3H3,(H,17,20). The molecule has 7 heteroatoms. The molecule has 0 spiro atoms. The third-order valence-corrected chi connectivity index (χ3v) is 5.17. The lowest BCUT2D eigenvalue weighted by Crippen LogP contribution is -2.43. The molecule has 4 amide bonds. The maximum absolute atomic E-state index is 12.4. The summed E-state index contributed by atoms with van der Waals surface area (Å²) in [6, 6.07) is 3.47. The van der Waals surface area contributed by atoms with Gasteiger partial charge in [-0.3, -0.25) is 14.5 Å². The second kappa shape index (κ2) is 7.59. The molecule has 2 rings (SSSR count). The normalized spacial score (nSPS) is 16.3. The highest BCUT2D eigenvalue weighted by molar-refractivity contribution is 7.10. The van der Waals surface area contributed by atoms with Gasteiger partial charge in [-0.15, -0.1) is 11.3 Å². The van der Waals surface area contributed by atoms with E-state index in [4.69, 9.17) is 0 Å². The number of hydrogen-bond acceptors (Lipinski definition) is 4. The van der Waals surface area contributed by atoms with Gasteiger partial charge in [-0.25, -0.2) is 4.79 Å². The molecule has 1 saturated heterocycles. The van der Waals surface area contributed by atoms with Crippen LogP contribution in [0.15, 0.2) is 17.5 Å². The summed E-state index contributed by atoms with van der Waals surface area (Å²) >= 11 is 1.61. The summed E-state index contributed by atoms with van der Waals surface area (Å²) in [6.07, 6.45) is 1.90. The van der Waals surface area contributed by atoms with E-state index in [2.05, 4.69) is 19.2 Å². The minimum absolute atomic E-state index is 0.0347. The molecule has 1 aliphatic rings. The van der Waals surface area contributed by atoms with Gasteiger partial charge >= 0.3 is 6.03 Å². The fourth-order valence-corrected chi connectivity index (χ4v) is 3.71. The highest BCUT2D eigenvalue weighted by Gasteiger charge is 2.35. The van der Waals surface area contributed by atoms with Gasteiger partial charge in [-0.2, -0.15) is 0 Å². The van der Waals surface area contributed by atoms with Crippen LogP contribution in [0.25, 0.3) is 0 Å². The molecule has 23 heavy (non-hydrogen) atoms. The molecule has 1 aromatic heterocycles. The van der Waals surface area contributed by atoms with E-state index < -0.39 is 6.03 Å². The van der Waals surface area contributed by atoms with E-state index in [1.807, 2.05) is 17.5 Å². The Morgan fingerprint density at radius 2 is 2.04 bits per heavy atom. The third-order valence-electron chi connectivity index (χ3n) is 4.22. The van der Waals surface area contributed by atoms with Crippen LogP contribution in [-0.4, -0.2) is 47.8 Å². The Bertz CT molecular complexity index is 569. The van der Waals surface area contributed by atoms with Crippen LogP contribution >= 0.6 is 11.3 Å². The minimum atomic E-state index is -0.416. The molecule has 0 aliphatic carbocycles. The van der Waals surface area contributed by atoms with Crippen LogP contribution in [-0.2, 0) is 9.59 Å². The Morgan fingerprint density at radius 3 is 2.52 bits per heavy atom. The van der Waals surface area contributed by atoms with Gasteiger partial charge in [0.25, 0.3) is 5.91 Å². The predicted molar refractivity (Wildman–Crippen MR) is 89.0 cm³/mol. The Labute approximate surface area is 140 Å². The van der Waals surface area contributed by atoms with E-state index in [-0.39, 0.29) is 30.9 Å². The number of nitrogens with one attached hydrogen (secondary N) is 1. The molecule has 0 radical (unpaired) electrons. The van der Waals surface area contributed by atoms with Crippen molar-refractivity contribution in [3.8, 4) is 0 Å². The lowest BCUT2D eigenvalue weighted by Gasteiger charge is -2.26. The Kier molecular flexibility index (Phi) is 5.76. The minimum Gasteiger partial charge on any atom is -0.347 e. The number of carbonyl (C=O) groups excluding carboxylic acids is 3. The number of imide groups is 1. The van der Waals surface area contributed by atoms with Gasteiger partial charge in [0.1, 0.15) is 13.1 Å². The first-order valence-corrected chi connectivity index (χ1v) is 8.74. The fourth-order valence-electron chi connectivity index (χ4n) is 2.84. The summed E-state index contributed by atoms with van der Waals surface area (Å²) in [5.41, 5.74) is 0. The first-order chi connectivity index (χ1) is 11.0. The number of urea groups is 1. The quantitative estimate of drug-likeness (QED) is 0.776. The average molecular weight is 337 g/mol. The van der Waals surface area contributed by atoms with Gasteiger partial charge < -0.3 is 10.2 Å². The van der Waals surface area contributed by atoms with E-state index in [0.29, 0.717) is 5.92 Å². The van der Waals surface area contributed by atoms with Crippen LogP contribution in [0.5, 0.6) is 0 Å². The van der Waals surface area contributed by atoms with E-state index in [0.717, 1.165) is 22.6 Å². The predicted octanol–water partition coefficient (Wildman–Crippen LogP) is 2.24. The largest absolute Gasteiger partial charge is 0.347 e. The molecular weight excluding hydrogens is 314 g/mol. The van der Waals surface area contributed by atoms with Crippen LogP contribution < -0.4 is 5.32 Å². The number of carbonyl (C=O) groups is 3. The molecule has 1 aliphatic heterocycles. The summed E-state index contributed by atoms with van der Waals surface area (Å²) in [7, 11) is 1.55. The number of nitrogens with zero attached hydrogens (tertiary/aromatic N) is 2. The maximum Gasteiger partial charge on any atom is 0.327 e. The monoisotopic (exact) mass is 337 g/mol. The van der Waals surface area contributed by atoms with Crippen molar-refractivity contribution < 1.29 is 14.4 Å².